The lowest BCUT2D eigenvalue weighted by Crippen LogP contribution is -2.25. The first-order valence-corrected chi connectivity index (χ1v) is 9.20. The molecule has 1 aliphatic heterocycles. The standard InChI is InChI=1S/C20H22O4S/c1-20(2,3)19(21)24-17-11-13(9-10-16(17)22-4)18-23-15-8-6-5-7-14(15)12-25-18/h5-11,18H,12H2,1-4H3. The summed E-state index contributed by atoms with van der Waals surface area (Å²) in [5.74, 6) is 2.43. The van der Waals surface area contributed by atoms with Crippen LogP contribution in [0.25, 0.3) is 0 Å². The third-order valence-corrected chi connectivity index (χ3v) is 5.02. The van der Waals surface area contributed by atoms with Crippen LogP contribution < -0.4 is 14.2 Å². The maximum Gasteiger partial charge on any atom is 0.316 e. The third kappa shape index (κ3) is 3.93. The van der Waals surface area contributed by atoms with Crippen LogP contribution in [-0.4, -0.2) is 13.1 Å². The van der Waals surface area contributed by atoms with E-state index in [1.54, 1.807) is 18.9 Å². The van der Waals surface area contributed by atoms with Gasteiger partial charge in [-0.25, -0.2) is 0 Å². The SMILES string of the molecule is COc1ccc(C2Oc3ccccc3CS2)cc1OC(=O)C(C)(C)C. The number of para-hydroxylation sites is 1. The van der Waals surface area contributed by atoms with Gasteiger partial charge in [0, 0.05) is 16.9 Å². The molecule has 0 aromatic heterocycles. The van der Waals surface area contributed by atoms with Crippen molar-refractivity contribution in [2.75, 3.05) is 7.11 Å². The Morgan fingerprint density at radius 1 is 1.16 bits per heavy atom. The van der Waals surface area contributed by atoms with Crippen LogP contribution in [0.1, 0.15) is 37.3 Å². The lowest BCUT2D eigenvalue weighted by atomic mass is 9.97. The molecule has 2 aromatic carbocycles. The molecule has 132 valence electrons. The van der Waals surface area contributed by atoms with Crippen LogP contribution in [0.4, 0.5) is 0 Å². The number of hydrogen-bond donors (Lipinski definition) is 0. The number of hydrogen-bond acceptors (Lipinski definition) is 5. The van der Waals surface area contributed by atoms with Gasteiger partial charge < -0.3 is 14.2 Å². The van der Waals surface area contributed by atoms with Crippen LogP contribution in [0.3, 0.4) is 0 Å². The van der Waals surface area contributed by atoms with Gasteiger partial charge in [0.1, 0.15) is 5.75 Å². The number of benzene rings is 2. The van der Waals surface area contributed by atoms with Gasteiger partial charge in [0.25, 0.3) is 0 Å². The molecule has 1 aliphatic rings. The molecule has 0 amide bonds. The number of ether oxygens (including phenoxy) is 3. The summed E-state index contributed by atoms with van der Waals surface area (Å²) in [7, 11) is 1.56. The van der Waals surface area contributed by atoms with E-state index in [0.717, 1.165) is 17.1 Å². The summed E-state index contributed by atoms with van der Waals surface area (Å²) in [6.07, 6.45) is 0. The quantitative estimate of drug-likeness (QED) is 0.572. The minimum absolute atomic E-state index is 0.145. The average molecular weight is 358 g/mol. The van der Waals surface area contributed by atoms with Gasteiger partial charge in [-0.1, -0.05) is 24.3 Å². The van der Waals surface area contributed by atoms with Crippen LogP contribution in [0, 0.1) is 5.41 Å². The van der Waals surface area contributed by atoms with Crippen LogP contribution in [0.5, 0.6) is 17.2 Å². The second-order valence-corrected chi connectivity index (χ2v) is 7.97. The Bertz CT molecular complexity index is 780. The molecule has 0 aliphatic carbocycles. The van der Waals surface area contributed by atoms with Crippen LogP contribution >= 0.6 is 11.8 Å². The summed E-state index contributed by atoms with van der Waals surface area (Å²) >= 11 is 1.70. The fraction of sp³-hybridized carbons (Fsp3) is 0.350. The smallest absolute Gasteiger partial charge is 0.316 e. The molecule has 0 saturated heterocycles. The molecule has 0 spiro atoms. The highest BCUT2D eigenvalue weighted by molar-refractivity contribution is 7.98. The van der Waals surface area contributed by atoms with Gasteiger partial charge in [0.2, 0.25) is 0 Å². The first-order valence-electron chi connectivity index (χ1n) is 8.15. The largest absolute Gasteiger partial charge is 0.493 e. The highest BCUT2D eigenvalue weighted by Gasteiger charge is 2.27. The van der Waals surface area contributed by atoms with Gasteiger partial charge in [-0.2, -0.15) is 0 Å². The Kier molecular flexibility index (Phi) is 4.95. The van der Waals surface area contributed by atoms with Crippen molar-refractivity contribution in [1.82, 2.24) is 0 Å². The Labute approximate surface area is 152 Å². The summed E-state index contributed by atoms with van der Waals surface area (Å²) in [6, 6.07) is 13.6. The Morgan fingerprint density at radius 2 is 1.92 bits per heavy atom. The highest BCUT2D eigenvalue weighted by Crippen LogP contribution is 2.43. The lowest BCUT2D eigenvalue weighted by Gasteiger charge is -2.26. The van der Waals surface area contributed by atoms with Gasteiger partial charge in [-0.05, 0) is 39.0 Å². The van der Waals surface area contributed by atoms with E-state index in [2.05, 4.69) is 6.07 Å². The van der Waals surface area contributed by atoms with E-state index in [1.807, 2.05) is 57.2 Å². The molecule has 3 rings (SSSR count). The number of rotatable bonds is 3. The van der Waals surface area contributed by atoms with Crippen molar-refractivity contribution in [1.29, 1.82) is 0 Å². The zero-order valence-electron chi connectivity index (χ0n) is 14.9. The summed E-state index contributed by atoms with van der Waals surface area (Å²) in [6.45, 7) is 5.47. The second-order valence-electron chi connectivity index (χ2n) is 6.92. The van der Waals surface area contributed by atoms with Crippen molar-refractivity contribution in [2.24, 2.45) is 5.41 Å². The van der Waals surface area contributed by atoms with Gasteiger partial charge in [0.05, 0.1) is 12.5 Å². The van der Waals surface area contributed by atoms with E-state index < -0.39 is 5.41 Å². The number of carbonyl (C=O) groups is 1. The van der Waals surface area contributed by atoms with Crippen LogP contribution in [0.15, 0.2) is 42.5 Å². The van der Waals surface area contributed by atoms with Crippen molar-refractivity contribution in [3.05, 3.63) is 53.6 Å². The molecule has 0 fully saturated rings. The molecule has 1 unspecified atom stereocenters. The second kappa shape index (κ2) is 7.00. The summed E-state index contributed by atoms with van der Waals surface area (Å²) in [5, 5.41) is 0. The van der Waals surface area contributed by atoms with Crippen molar-refractivity contribution in [3.63, 3.8) is 0 Å². The molecule has 0 N–H and O–H groups in total. The van der Waals surface area contributed by atoms with Gasteiger partial charge in [-0.3, -0.25) is 4.79 Å². The first kappa shape index (κ1) is 17.7. The van der Waals surface area contributed by atoms with Crippen molar-refractivity contribution in [2.45, 2.75) is 32.0 Å². The molecule has 5 heteroatoms. The van der Waals surface area contributed by atoms with E-state index in [0.29, 0.717) is 11.5 Å². The number of esters is 1. The maximum absolute atomic E-state index is 12.2. The lowest BCUT2D eigenvalue weighted by molar-refractivity contribution is -0.143. The minimum atomic E-state index is -0.587. The normalized spacial score (nSPS) is 16.6. The third-order valence-electron chi connectivity index (χ3n) is 3.87. The maximum atomic E-state index is 12.2. The summed E-state index contributed by atoms with van der Waals surface area (Å²) in [5.41, 5.74) is 1.40. The minimum Gasteiger partial charge on any atom is -0.493 e. The monoisotopic (exact) mass is 358 g/mol. The Hall–Kier alpha value is -2.14. The van der Waals surface area contributed by atoms with Gasteiger partial charge in [0.15, 0.2) is 16.9 Å². The molecular formula is C20H22O4S. The van der Waals surface area contributed by atoms with E-state index in [4.69, 9.17) is 14.2 Å². The molecular weight excluding hydrogens is 336 g/mol. The molecule has 2 aromatic rings. The molecule has 1 atom stereocenters. The molecule has 0 saturated carbocycles. The van der Waals surface area contributed by atoms with Gasteiger partial charge in [-0.15, -0.1) is 11.8 Å². The average Bonchev–Trinajstić information content (AvgIpc) is 2.60. The zero-order valence-corrected chi connectivity index (χ0v) is 15.7. The Morgan fingerprint density at radius 3 is 2.64 bits per heavy atom. The Balaban J connectivity index is 1.86. The summed E-state index contributed by atoms with van der Waals surface area (Å²) in [4.78, 5) is 12.2. The zero-order chi connectivity index (χ0) is 18.0. The van der Waals surface area contributed by atoms with E-state index in [1.165, 1.54) is 5.56 Å². The number of carbonyl (C=O) groups excluding carboxylic acids is 1. The molecule has 0 radical (unpaired) electrons. The predicted octanol–water partition coefficient (Wildman–Crippen LogP) is 4.97. The fourth-order valence-electron chi connectivity index (χ4n) is 2.39. The topological polar surface area (TPSA) is 44.8 Å². The van der Waals surface area contributed by atoms with Crippen molar-refractivity contribution < 1.29 is 19.0 Å². The molecule has 25 heavy (non-hydrogen) atoms. The highest BCUT2D eigenvalue weighted by atomic mass is 32.2. The fourth-order valence-corrected chi connectivity index (χ4v) is 3.47. The van der Waals surface area contributed by atoms with Crippen molar-refractivity contribution in [3.8, 4) is 17.2 Å². The molecule has 0 bridgehead atoms. The number of thioether (sulfide) groups is 1. The van der Waals surface area contributed by atoms with E-state index >= 15 is 0 Å². The van der Waals surface area contributed by atoms with Gasteiger partial charge >= 0.3 is 5.97 Å². The van der Waals surface area contributed by atoms with Crippen LogP contribution in [-0.2, 0) is 10.5 Å². The van der Waals surface area contributed by atoms with E-state index in [9.17, 15) is 4.79 Å². The van der Waals surface area contributed by atoms with Crippen LogP contribution in [0.2, 0.25) is 0 Å². The number of fused-ring (bicyclic) bond motifs is 1. The van der Waals surface area contributed by atoms with Crippen molar-refractivity contribution >= 4 is 17.7 Å². The first-order chi connectivity index (χ1) is 11.9. The predicted molar refractivity (Wildman–Crippen MR) is 99.2 cm³/mol. The number of methoxy groups -OCH3 is 1. The summed E-state index contributed by atoms with van der Waals surface area (Å²) < 4.78 is 17.0. The van der Waals surface area contributed by atoms with E-state index in [-0.39, 0.29) is 11.4 Å². The molecule has 4 nitrogen and oxygen atoms in total. The molecule has 1 heterocycles.